The van der Waals surface area contributed by atoms with Crippen LogP contribution in [0.1, 0.15) is 24.8 Å². The lowest BCUT2D eigenvalue weighted by molar-refractivity contribution is 0.321. The van der Waals surface area contributed by atoms with Gasteiger partial charge in [0.15, 0.2) is 17.4 Å². The molecule has 2 unspecified atom stereocenters. The molecule has 0 amide bonds. The van der Waals surface area contributed by atoms with Gasteiger partial charge >= 0.3 is 0 Å². The van der Waals surface area contributed by atoms with Gasteiger partial charge < -0.3 is 15.4 Å². The van der Waals surface area contributed by atoms with E-state index in [4.69, 9.17) is 4.74 Å². The fourth-order valence-corrected chi connectivity index (χ4v) is 6.51. The van der Waals surface area contributed by atoms with Crippen molar-refractivity contribution in [2.24, 2.45) is 11.8 Å². The van der Waals surface area contributed by atoms with Gasteiger partial charge in [0, 0.05) is 36.6 Å². The third kappa shape index (κ3) is 6.76. The summed E-state index contributed by atoms with van der Waals surface area (Å²) < 4.78 is 91.2. The van der Waals surface area contributed by atoms with Gasteiger partial charge in [-0.2, -0.15) is 4.39 Å². The Morgan fingerprint density at radius 3 is 2.52 bits per heavy atom. The summed E-state index contributed by atoms with van der Waals surface area (Å²) in [6.07, 6.45) is 6.41. The average molecular weight is 629 g/mol. The molecule has 14 heteroatoms. The van der Waals surface area contributed by atoms with Crippen LogP contribution in [-0.4, -0.2) is 42.5 Å². The Morgan fingerprint density at radius 2 is 1.73 bits per heavy atom. The third-order valence-corrected chi connectivity index (χ3v) is 8.81. The molecule has 0 spiro atoms. The Morgan fingerprint density at radius 1 is 0.909 bits per heavy atom. The minimum absolute atomic E-state index is 0.136. The highest BCUT2D eigenvalue weighted by molar-refractivity contribution is 7.91. The molecule has 1 saturated carbocycles. The van der Waals surface area contributed by atoms with Crippen LogP contribution in [0.5, 0.6) is 11.6 Å². The number of hydrogen-bond acceptors (Lipinski definition) is 8. The predicted molar refractivity (Wildman–Crippen MR) is 155 cm³/mol. The minimum Gasteiger partial charge on any atom is -0.435 e. The largest absolute Gasteiger partial charge is 0.435 e. The second kappa shape index (κ2) is 12.4. The molecule has 2 fully saturated rings. The Balaban J connectivity index is 1.21. The Bertz CT molecular complexity index is 1790. The van der Waals surface area contributed by atoms with E-state index >= 15 is 8.78 Å². The van der Waals surface area contributed by atoms with Gasteiger partial charge in [0.1, 0.15) is 11.5 Å². The van der Waals surface area contributed by atoms with E-state index < -0.39 is 50.5 Å². The van der Waals surface area contributed by atoms with Crippen molar-refractivity contribution in [2.45, 2.75) is 31.1 Å². The van der Waals surface area contributed by atoms with Crippen molar-refractivity contribution in [1.82, 2.24) is 20.3 Å². The van der Waals surface area contributed by atoms with E-state index in [2.05, 4.69) is 25.6 Å². The Hall–Kier alpha value is -4.30. The number of aromatic nitrogens is 3. The number of anilines is 2. The van der Waals surface area contributed by atoms with Gasteiger partial charge in [0.05, 0.1) is 17.0 Å². The molecule has 3 heterocycles. The van der Waals surface area contributed by atoms with E-state index in [0.29, 0.717) is 29.2 Å². The number of hydrogen-bond donors (Lipinski definition) is 3. The third-order valence-electron chi connectivity index (χ3n) is 7.60. The molecular formula is C30H28F4N6O3S. The summed E-state index contributed by atoms with van der Waals surface area (Å²) in [7, 11) is -4.52. The first-order valence-electron chi connectivity index (χ1n) is 14.0. The topological polar surface area (TPSA) is 118 Å². The molecule has 3 N–H and O–H groups in total. The van der Waals surface area contributed by atoms with Crippen molar-refractivity contribution in [1.29, 1.82) is 0 Å². The molecule has 2 aromatic heterocycles. The van der Waals surface area contributed by atoms with Crippen LogP contribution in [0.3, 0.4) is 0 Å². The van der Waals surface area contributed by atoms with E-state index in [1.807, 2.05) is 0 Å². The van der Waals surface area contributed by atoms with Gasteiger partial charge in [-0.15, -0.1) is 0 Å². The summed E-state index contributed by atoms with van der Waals surface area (Å²) in [5.41, 5.74) is -0.831. The van der Waals surface area contributed by atoms with Gasteiger partial charge in [-0.1, -0.05) is 18.2 Å². The number of ether oxygens (including phenoxy) is 1. The number of piperidine rings is 1. The van der Waals surface area contributed by atoms with Gasteiger partial charge in [0.2, 0.25) is 27.7 Å². The maximum atomic E-state index is 15.1. The van der Waals surface area contributed by atoms with Gasteiger partial charge in [-0.05, 0) is 61.9 Å². The molecule has 1 aliphatic carbocycles. The summed E-state index contributed by atoms with van der Waals surface area (Å²) in [4.78, 5) is 13.0. The van der Waals surface area contributed by atoms with E-state index in [-0.39, 0.29) is 17.5 Å². The van der Waals surface area contributed by atoms with Crippen molar-refractivity contribution < 1.29 is 30.7 Å². The summed E-state index contributed by atoms with van der Waals surface area (Å²) in [5.74, 6) is -6.03. The quantitative estimate of drug-likeness (QED) is 0.153. The van der Waals surface area contributed by atoms with Crippen molar-refractivity contribution in [3.8, 4) is 22.9 Å². The molecular weight excluding hydrogens is 600 g/mol. The number of rotatable bonds is 10. The molecule has 1 aliphatic heterocycles. The maximum Gasteiger partial charge on any atom is 0.237 e. The fourth-order valence-electron chi connectivity index (χ4n) is 5.30. The molecule has 6 rings (SSSR count). The van der Waals surface area contributed by atoms with Crippen molar-refractivity contribution >= 4 is 21.7 Å². The normalized spacial score (nSPS) is 18.5. The zero-order valence-corrected chi connectivity index (χ0v) is 24.1. The Labute approximate surface area is 251 Å². The highest BCUT2D eigenvalue weighted by Crippen LogP contribution is 2.40. The summed E-state index contributed by atoms with van der Waals surface area (Å²) >= 11 is 0. The molecule has 2 aromatic carbocycles. The first-order valence-corrected chi connectivity index (χ1v) is 15.7. The Kier molecular flexibility index (Phi) is 8.36. The minimum atomic E-state index is -4.52. The second-order valence-corrected chi connectivity index (χ2v) is 12.6. The summed E-state index contributed by atoms with van der Waals surface area (Å²) in [6.45, 7) is 1.77. The molecule has 9 nitrogen and oxygen atoms in total. The van der Waals surface area contributed by atoms with Crippen LogP contribution in [0.4, 0.5) is 29.2 Å². The van der Waals surface area contributed by atoms with E-state index in [1.165, 1.54) is 43.4 Å². The van der Waals surface area contributed by atoms with Gasteiger partial charge in [0.25, 0.3) is 0 Å². The van der Waals surface area contributed by atoms with Crippen molar-refractivity contribution in [3.05, 3.63) is 89.8 Å². The zero-order chi connectivity index (χ0) is 30.8. The molecule has 1 saturated heterocycles. The number of pyridine rings is 1. The van der Waals surface area contributed by atoms with Gasteiger partial charge in [-0.25, -0.2) is 36.5 Å². The maximum absolute atomic E-state index is 15.1. The number of nitrogens with zero attached hydrogens (tertiary/aromatic N) is 3. The average Bonchev–Trinajstić information content (AvgIpc) is 3.86. The molecule has 2 aliphatic rings. The smallest absolute Gasteiger partial charge is 0.237 e. The number of halogens is 4. The molecule has 44 heavy (non-hydrogen) atoms. The molecule has 4 aromatic rings. The summed E-state index contributed by atoms with van der Waals surface area (Å²) in [5, 5.41) is 6.81. The zero-order valence-electron chi connectivity index (χ0n) is 23.2. The van der Waals surface area contributed by atoms with Gasteiger partial charge in [-0.3, -0.25) is 4.72 Å². The van der Waals surface area contributed by atoms with Crippen LogP contribution in [0, 0.1) is 35.1 Å². The highest BCUT2D eigenvalue weighted by Gasteiger charge is 2.35. The first-order chi connectivity index (χ1) is 21.2. The molecule has 230 valence electrons. The lowest BCUT2D eigenvalue weighted by Gasteiger charge is -2.30. The predicted octanol–water partition coefficient (Wildman–Crippen LogP) is 5.63. The molecule has 0 radical (unpaired) electrons. The molecule has 0 bridgehead atoms. The number of benzene rings is 2. The lowest BCUT2D eigenvalue weighted by atomic mass is 9.91. The van der Waals surface area contributed by atoms with E-state index in [0.717, 1.165) is 31.5 Å². The first kappa shape index (κ1) is 29.8. The van der Waals surface area contributed by atoms with Crippen LogP contribution >= 0.6 is 0 Å². The highest BCUT2D eigenvalue weighted by atomic mass is 32.2. The van der Waals surface area contributed by atoms with Crippen LogP contribution < -0.4 is 20.1 Å². The van der Waals surface area contributed by atoms with Crippen LogP contribution in [-0.2, 0) is 15.8 Å². The van der Waals surface area contributed by atoms with Crippen LogP contribution in [0.15, 0.2) is 60.9 Å². The van der Waals surface area contributed by atoms with Crippen molar-refractivity contribution in [3.63, 3.8) is 0 Å². The monoisotopic (exact) mass is 628 g/mol. The fraction of sp³-hybridized carbons (Fsp3) is 0.300. The lowest BCUT2D eigenvalue weighted by Crippen LogP contribution is -2.44. The van der Waals surface area contributed by atoms with E-state index in [1.54, 1.807) is 22.9 Å². The van der Waals surface area contributed by atoms with Crippen LogP contribution in [0.2, 0.25) is 0 Å². The SMILES string of the molecule is O=S(=O)(Cc1ccccc1F)Nc1c(F)cc(Oc2ncccc2-c2ccnc(NC3CNCC(C4CC4)C3)n2)c(F)c1F. The second-order valence-electron chi connectivity index (χ2n) is 10.9. The summed E-state index contributed by atoms with van der Waals surface area (Å²) in [6, 6.07) is 10.4. The van der Waals surface area contributed by atoms with E-state index in [9.17, 15) is 17.2 Å². The van der Waals surface area contributed by atoms with Crippen molar-refractivity contribution in [2.75, 3.05) is 23.1 Å². The number of nitrogens with one attached hydrogen (secondary N) is 3. The number of sulfonamides is 1. The van der Waals surface area contributed by atoms with Crippen LogP contribution in [0.25, 0.3) is 11.3 Å². The standard InChI is InChI=1S/C30H28F4N6O3S/c31-22-6-2-1-4-18(22)16-44(41,42)40-28-23(32)13-25(26(33)27(28)34)43-29-21(5-3-10-36-29)24-9-11-37-30(39-24)38-20-12-19(14-35-15-20)17-7-8-17/h1-6,9-11,13,17,19-20,35,40H,7-8,12,14-16H2,(H,37,38,39). The molecule has 2 atom stereocenters.